The van der Waals surface area contributed by atoms with Crippen LogP contribution in [0.3, 0.4) is 0 Å². The number of hydrogen-bond donors (Lipinski definition) is 0. The Hall–Kier alpha value is -0.660. The summed E-state index contributed by atoms with van der Waals surface area (Å²) in [7, 11) is 0. The van der Waals surface area contributed by atoms with E-state index in [2.05, 4.69) is 20.8 Å². The average Bonchev–Trinajstić information content (AvgIpc) is 2.66. The molecule has 1 heterocycles. The lowest BCUT2D eigenvalue weighted by Gasteiger charge is -2.24. The first-order valence-electron chi connectivity index (χ1n) is 6.18. The van der Waals surface area contributed by atoms with E-state index in [-0.39, 0.29) is 10.8 Å². The van der Waals surface area contributed by atoms with Crippen LogP contribution in [0.2, 0.25) is 5.02 Å². The second-order valence-corrected chi connectivity index (χ2v) is 6.73. The Kier molecular flexibility index (Phi) is 3.93. The summed E-state index contributed by atoms with van der Waals surface area (Å²) in [6.07, 6.45) is 1.77. The highest BCUT2D eigenvalue weighted by Crippen LogP contribution is 2.29. The Labute approximate surface area is 118 Å². The molecule has 0 aliphatic heterocycles. The van der Waals surface area contributed by atoms with E-state index in [1.54, 1.807) is 0 Å². The van der Waals surface area contributed by atoms with Gasteiger partial charge in [-0.2, -0.15) is 0 Å². The van der Waals surface area contributed by atoms with Crippen molar-refractivity contribution in [2.75, 3.05) is 0 Å². The van der Waals surface area contributed by atoms with Gasteiger partial charge < -0.3 is 4.42 Å². The van der Waals surface area contributed by atoms with Crippen molar-refractivity contribution in [1.82, 2.24) is 0 Å². The van der Waals surface area contributed by atoms with Gasteiger partial charge in [0.1, 0.15) is 11.3 Å². The molecule has 1 aromatic carbocycles. The van der Waals surface area contributed by atoms with Crippen LogP contribution in [0.1, 0.15) is 33.0 Å². The van der Waals surface area contributed by atoms with E-state index in [1.807, 2.05) is 24.3 Å². The fraction of sp³-hybridized carbons (Fsp3) is 0.467. The molecular formula is C15H18Cl2O. The van der Waals surface area contributed by atoms with Crippen molar-refractivity contribution in [2.45, 2.75) is 39.0 Å². The van der Waals surface area contributed by atoms with Crippen LogP contribution in [0.5, 0.6) is 0 Å². The first-order valence-corrected chi connectivity index (χ1v) is 7.00. The van der Waals surface area contributed by atoms with Gasteiger partial charge in [0.15, 0.2) is 0 Å². The molecule has 0 spiro atoms. The third kappa shape index (κ3) is 3.21. The van der Waals surface area contributed by atoms with Crippen LogP contribution < -0.4 is 0 Å². The molecule has 0 bridgehead atoms. The summed E-state index contributed by atoms with van der Waals surface area (Å²) in [4.78, 5) is 0. The molecule has 0 aliphatic carbocycles. The van der Waals surface area contributed by atoms with Crippen molar-refractivity contribution < 1.29 is 4.42 Å². The number of rotatable bonds is 3. The van der Waals surface area contributed by atoms with Gasteiger partial charge in [-0.1, -0.05) is 32.4 Å². The van der Waals surface area contributed by atoms with Gasteiger partial charge in [0.2, 0.25) is 0 Å². The zero-order chi connectivity index (χ0) is 13.3. The Morgan fingerprint density at radius 2 is 1.94 bits per heavy atom. The SMILES string of the molecule is CC(C)(C)C(Cl)CCc1cc2cc(Cl)ccc2o1. The Balaban J connectivity index is 2.09. The Morgan fingerprint density at radius 3 is 2.61 bits per heavy atom. The summed E-state index contributed by atoms with van der Waals surface area (Å²) in [5, 5.41) is 1.94. The van der Waals surface area contributed by atoms with Crippen LogP contribution in [0.25, 0.3) is 11.0 Å². The molecule has 0 aliphatic rings. The maximum Gasteiger partial charge on any atom is 0.134 e. The monoisotopic (exact) mass is 284 g/mol. The molecule has 0 saturated carbocycles. The summed E-state index contributed by atoms with van der Waals surface area (Å²) in [6, 6.07) is 7.72. The second kappa shape index (κ2) is 5.14. The lowest BCUT2D eigenvalue weighted by molar-refractivity contribution is 0.367. The quantitative estimate of drug-likeness (QED) is 0.662. The van der Waals surface area contributed by atoms with E-state index in [0.717, 1.165) is 34.6 Å². The van der Waals surface area contributed by atoms with Crippen LogP contribution in [0.4, 0.5) is 0 Å². The first kappa shape index (κ1) is 13.8. The molecule has 0 radical (unpaired) electrons. The zero-order valence-electron chi connectivity index (χ0n) is 11.0. The Morgan fingerprint density at radius 1 is 1.22 bits per heavy atom. The standard InChI is InChI=1S/C15H18Cl2O/c1-15(2,3)14(17)7-5-12-9-10-8-11(16)4-6-13(10)18-12/h4,6,8-9,14H,5,7H2,1-3H3. The third-order valence-electron chi connectivity index (χ3n) is 3.11. The second-order valence-electron chi connectivity index (χ2n) is 5.77. The van der Waals surface area contributed by atoms with E-state index in [4.69, 9.17) is 27.6 Å². The number of hydrogen-bond acceptors (Lipinski definition) is 1. The summed E-state index contributed by atoms with van der Waals surface area (Å²) < 4.78 is 5.77. The molecule has 0 amide bonds. The van der Waals surface area contributed by atoms with Crippen molar-refractivity contribution in [1.29, 1.82) is 0 Å². The maximum absolute atomic E-state index is 6.37. The minimum absolute atomic E-state index is 0.122. The average molecular weight is 285 g/mol. The molecule has 98 valence electrons. The van der Waals surface area contributed by atoms with E-state index in [9.17, 15) is 0 Å². The van der Waals surface area contributed by atoms with E-state index < -0.39 is 0 Å². The van der Waals surface area contributed by atoms with Gasteiger partial charge in [0, 0.05) is 22.2 Å². The predicted molar refractivity (Wildman–Crippen MR) is 78.6 cm³/mol. The fourth-order valence-corrected chi connectivity index (χ4v) is 2.18. The minimum atomic E-state index is 0.122. The first-order chi connectivity index (χ1) is 8.36. The van der Waals surface area contributed by atoms with E-state index in [1.165, 1.54) is 0 Å². The highest BCUT2D eigenvalue weighted by Gasteiger charge is 2.22. The third-order valence-corrected chi connectivity index (χ3v) is 4.22. The molecule has 0 saturated heterocycles. The summed E-state index contributed by atoms with van der Waals surface area (Å²) in [5.41, 5.74) is 1.01. The molecule has 1 aromatic heterocycles. The lowest BCUT2D eigenvalue weighted by Crippen LogP contribution is -2.21. The predicted octanol–water partition coefficient (Wildman–Crippen LogP) is 5.67. The molecule has 1 nitrogen and oxygen atoms in total. The molecule has 1 unspecified atom stereocenters. The van der Waals surface area contributed by atoms with Crippen molar-refractivity contribution in [3.8, 4) is 0 Å². The minimum Gasteiger partial charge on any atom is -0.461 e. The number of aryl methyl sites for hydroxylation is 1. The summed E-state index contributed by atoms with van der Waals surface area (Å²) >= 11 is 12.3. The zero-order valence-corrected chi connectivity index (χ0v) is 12.5. The topological polar surface area (TPSA) is 13.1 Å². The molecule has 2 rings (SSSR count). The van der Waals surface area contributed by atoms with Gasteiger partial charge in [-0.05, 0) is 36.1 Å². The van der Waals surface area contributed by atoms with Gasteiger partial charge in [0.05, 0.1) is 0 Å². The van der Waals surface area contributed by atoms with Crippen molar-refractivity contribution in [3.05, 3.63) is 35.0 Å². The Bertz CT molecular complexity index is 537. The van der Waals surface area contributed by atoms with Crippen LogP contribution in [-0.2, 0) is 6.42 Å². The van der Waals surface area contributed by atoms with Crippen molar-refractivity contribution in [2.24, 2.45) is 5.41 Å². The molecule has 0 fully saturated rings. The van der Waals surface area contributed by atoms with Crippen LogP contribution >= 0.6 is 23.2 Å². The van der Waals surface area contributed by atoms with Gasteiger partial charge in [-0.15, -0.1) is 11.6 Å². The fourth-order valence-electron chi connectivity index (χ4n) is 1.89. The van der Waals surface area contributed by atoms with Gasteiger partial charge in [-0.25, -0.2) is 0 Å². The number of benzene rings is 1. The maximum atomic E-state index is 6.37. The molecule has 2 aromatic rings. The van der Waals surface area contributed by atoms with Crippen molar-refractivity contribution in [3.63, 3.8) is 0 Å². The normalized spacial score (nSPS) is 14.1. The highest BCUT2D eigenvalue weighted by atomic mass is 35.5. The van der Waals surface area contributed by atoms with E-state index in [0.29, 0.717) is 0 Å². The number of halogens is 2. The molecule has 3 heteroatoms. The summed E-state index contributed by atoms with van der Waals surface area (Å²) in [5.74, 6) is 0.974. The highest BCUT2D eigenvalue weighted by molar-refractivity contribution is 6.31. The molecule has 18 heavy (non-hydrogen) atoms. The van der Waals surface area contributed by atoms with E-state index >= 15 is 0 Å². The number of alkyl halides is 1. The van der Waals surface area contributed by atoms with Gasteiger partial charge in [-0.3, -0.25) is 0 Å². The number of furan rings is 1. The smallest absolute Gasteiger partial charge is 0.134 e. The van der Waals surface area contributed by atoms with Crippen molar-refractivity contribution >= 4 is 34.2 Å². The molecule has 1 atom stereocenters. The lowest BCUT2D eigenvalue weighted by atomic mass is 9.89. The van der Waals surface area contributed by atoms with Crippen LogP contribution in [0.15, 0.2) is 28.7 Å². The largest absolute Gasteiger partial charge is 0.461 e. The van der Waals surface area contributed by atoms with Crippen LogP contribution in [0, 0.1) is 5.41 Å². The summed E-state index contributed by atoms with van der Waals surface area (Å²) in [6.45, 7) is 6.47. The van der Waals surface area contributed by atoms with Gasteiger partial charge in [0.25, 0.3) is 0 Å². The molecule has 0 N–H and O–H groups in total. The van der Waals surface area contributed by atoms with Gasteiger partial charge >= 0.3 is 0 Å². The molecular weight excluding hydrogens is 267 g/mol. The van der Waals surface area contributed by atoms with Crippen LogP contribution in [-0.4, -0.2) is 5.38 Å². The number of fused-ring (bicyclic) bond motifs is 1.